The third-order valence-corrected chi connectivity index (χ3v) is 7.46. The highest BCUT2D eigenvalue weighted by molar-refractivity contribution is 5.76. The molecule has 4 rings (SSSR count). The number of ether oxygens (including phenoxy) is 1. The van der Waals surface area contributed by atoms with E-state index in [1.54, 1.807) is 4.90 Å². The fourth-order valence-corrected chi connectivity index (χ4v) is 5.14. The molecule has 0 saturated carbocycles. The number of carbonyl (C=O) groups is 2. The van der Waals surface area contributed by atoms with E-state index in [-0.39, 0.29) is 43.2 Å². The first-order valence-electron chi connectivity index (χ1n) is 13.6. The minimum Gasteiger partial charge on any atom is -0.379 e. The number of hydrogen-bond acceptors (Lipinski definition) is 8. The highest BCUT2D eigenvalue weighted by Crippen LogP contribution is 2.36. The molecule has 13 heteroatoms. The number of amides is 1. The van der Waals surface area contributed by atoms with Crippen molar-refractivity contribution < 1.29 is 27.5 Å². The molecule has 4 heterocycles. The van der Waals surface area contributed by atoms with Gasteiger partial charge in [-0.3, -0.25) is 9.59 Å². The van der Waals surface area contributed by atoms with Crippen molar-refractivity contribution in [2.24, 2.45) is 5.92 Å². The molecule has 1 amide bonds. The molecule has 2 aliphatic heterocycles. The molecule has 1 N–H and O–H groups in total. The molecule has 2 fully saturated rings. The second-order valence-electron chi connectivity index (χ2n) is 10.3. The number of piperazine rings is 1. The average Bonchev–Trinajstić information content (AvgIpc) is 3.42. The van der Waals surface area contributed by atoms with Crippen LogP contribution in [0, 0.1) is 5.92 Å². The van der Waals surface area contributed by atoms with Gasteiger partial charge in [0.15, 0.2) is 0 Å². The summed E-state index contributed by atoms with van der Waals surface area (Å²) in [6.07, 6.45) is 2.08. The smallest absolute Gasteiger partial charge is 0.379 e. The average molecular weight is 565 g/mol. The quantitative estimate of drug-likeness (QED) is 0.328. The molecule has 218 valence electrons. The summed E-state index contributed by atoms with van der Waals surface area (Å²) in [7, 11) is 0. The molecule has 0 bridgehead atoms. The highest BCUT2D eigenvalue weighted by Gasteiger charge is 2.40. The van der Waals surface area contributed by atoms with E-state index in [0.717, 1.165) is 36.7 Å². The van der Waals surface area contributed by atoms with Gasteiger partial charge in [0.2, 0.25) is 5.91 Å². The summed E-state index contributed by atoms with van der Waals surface area (Å²) in [4.78, 5) is 45.4. The Labute approximate surface area is 230 Å². The van der Waals surface area contributed by atoms with Crippen LogP contribution in [0.1, 0.15) is 43.7 Å². The van der Waals surface area contributed by atoms with Crippen molar-refractivity contribution in [3.05, 3.63) is 46.0 Å². The number of rotatable bonds is 11. The second-order valence-corrected chi connectivity index (χ2v) is 10.3. The minimum absolute atomic E-state index is 0.0264. The summed E-state index contributed by atoms with van der Waals surface area (Å²) in [6, 6.07) is 3.66. The molecule has 1 unspecified atom stereocenters. The van der Waals surface area contributed by atoms with Gasteiger partial charge < -0.3 is 24.2 Å². The monoisotopic (exact) mass is 564 g/mol. The Balaban J connectivity index is 1.20. The number of aryl methyl sites for hydroxylation is 1. The fraction of sp³-hybridized carbons (Fsp3) is 0.593. The first-order chi connectivity index (χ1) is 19.2. The van der Waals surface area contributed by atoms with Crippen molar-refractivity contribution in [3.8, 4) is 0 Å². The summed E-state index contributed by atoms with van der Waals surface area (Å²) >= 11 is 0. The maximum absolute atomic E-state index is 13.5. The molecule has 10 nitrogen and oxygen atoms in total. The van der Waals surface area contributed by atoms with Crippen molar-refractivity contribution in [2.45, 2.75) is 51.2 Å². The molecule has 2 aromatic heterocycles. The van der Waals surface area contributed by atoms with Crippen LogP contribution in [0.25, 0.3) is 0 Å². The lowest BCUT2D eigenvalue weighted by molar-refractivity contribution is -0.138. The number of nitrogens with zero attached hydrogens (tertiary/aromatic N) is 5. The van der Waals surface area contributed by atoms with E-state index >= 15 is 0 Å². The van der Waals surface area contributed by atoms with E-state index in [0.29, 0.717) is 45.6 Å². The van der Waals surface area contributed by atoms with E-state index in [9.17, 15) is 27.6 Å². The standard InChI is InChI=1S/C27H35F3N6O4/c1-19(17-37)4-5-20-6-7-23(31-15-20)34-10-12-35(13-11-34)24(38)8-14-40-18-21-3-2-9-36(21)22-16-32-33-26(39)25(22)27(28,29)30/h6-7,15-17,19,21H,2-5,8-14,18H2,1H3,(H,33,39)/t19?,21-/m0/s1. The van der Waals surface area contributed by atoms with Crippen molar-refractivity contribution >= 4 is 23.7 Å². The zero-order valence-corrected chi connectivity index (χ0v) is 22.5. The molecule has 0 aliphatic carbocycles. The maximum atomic E-state index is 13.5. The van der Waals surface area contributed by atoms with E-state index in [1.807, 2.05) is 30.4 Å². The molecule has 0 aromatic carbocycles. The van der Waals surface area contributed by atoms with Gasteiger partial charge in [0.1, 0.15) is 17.7 Å². The van der Waals surface area contributed by atoms with Crippen molar-refractivity contribution in [2.75, 3.05) is 55.7 Å². The van der Waals surface area contributed by atoms with Crippen LogP contribution in [-0.2, 0) is 26.9 Å². The van der Waals surface area contributed by atoms with Crippen LogP contribution in [0.4, 0.5) is 24.7 Å². The minimum atomic E-state index is -4.80. The number of anilines is 2. The van der Waals surface area contributed by atoms with E-state index < -0.39 is 17.3 Å². The van der Waals surface area contributed by atoms with Crippen molar-refractivity contribution in [1.29, 1.82) is 0 Å². The van der Waals surface area contributed by atoms with Gasteiger partial charge in [0.05, 0.1) is 37.6 Å². The van der Waals surface area contributed by atoms with Crippen molar-refractivity contribution in [1.82, 2.24) is 20.1 Å². The molecule has 40 heavy (non-hydrogen) atoms. The Morgan fingerprint density at radius 1 is 1.20 bits per heavy atom. The number of nitrogens with one attached hydrogen (secondary N) is 1. The Morgan fingerprint density at radius 2 is 1.98 bits per heavy atom. The van der Waals surface area contributed by atoms with Gasteiger partial charge in [-0.15, -0.1) is 0 Å². The van der Waals surface area contributed by atoms with Crippen LogP contribution < -0.4 is 15.4 Å². The van der Waals surface area contributed by atoms with Crippen LogP contribution >= 0.6 is 0 Å². The Morgan fingerprint density at radius 3 is 2.65 bits per heavy atom. The number of hydrogen-bond donors (Lipinski definition) is 1. The number of halogens is 3. The number of alkyl halides is 3. The first kappa shape index (κ1) is 29.5. The van der Waals surface area contributed by atoms with Crippen molar-refractivity contribution in [3.63, 3.8) is 0 Å². The van der Waals surface area contributed by atoms with Gasteiger partial charge >= 0.3 is 6.18 Å². The van der Waals surface area contributed by atoms with E-state index in [2.05, 4.69) is 15.0 Å². The Kier molecular flexibility index (Phi) is 9.77. The van der Waals surface area contributed by atoms with E-state index in [4.69, 9.17) is 4.74 Å². The first-order valence-corrected chi connectivity index (χ1v) is 13.6. The Hall–Kier alpha value is -3.48. The summed E-state index contributed by atoms with van der Waals surface area (Å²) in [5.74, 6) is 0.847. The molecular formula is C27H35F3N6O4. The number of H-pyrrole nitrogens is 1. The van der Waals surface area contributed by atoms with Crippen LogP contribution in [-0.4, -0.2) is 84.3 Å². The zero-order valence-electron chi connectivity index (χ0n) is 22.5. The predicted molar refractivity (Wildman–Crippen MR) is 142 cm³/mol. The summed E-state index contributed by atoms with van der Waals surface area (Å²) in [5, 5.41) is 5.43. The molecule has 2 atom stereocenters. The number of carbonyl (C=O) groups excluding carboxylic acids is 2. The predicted octanol–water partition coefficient (Wildman–Crippen LogP) is 2.68. The van der Waals surface area contributed by atoms with Crippen LogP contribution in [0.15, 0.2) is 29.3 Å². The normalized spacial score (nSPS) is 18.7. The third-order valence-electron chi connectivity index (χ3n) is 7.46. The maximum Gasteiger partial charge on any atom is 0.423 e. The van der Waals surface area contributed by atoms with Gasteiger partial charge in [0, 0.05) is 44.8 Å². The zero-order chi connectivity index (χ0) is 28.7. The lowest BCUT2D eigenvalue weighted by Gasteiger charge is -2.35. The topological polar surface area (TPSA) is 112 Å². The fourth-order valence-electron chi connectivity index (χ4n) is 5.14. The molecule has 0 spiro atoms. The molecular weight excluding hydrogens is 529 g/mol. The van der Waals surface area contributed by atoms with Crippen LogP contribution in [0.3, 0.4) is 0 Å². The SMILES string of the molecule is CC(C=O)CCc1ccc(N2CCN(C(=O)CCOC[C@@H]3CCCN3c3cn[nH]c(=O)c3C(F)(F)F)CC2)nc1. The largest absolute Gasteiger partial charge is 0.423 e. The van der Waals surface area contributed by atoms with E-state index in [1.165, 1.54) is 4.90 Å². The molecule has 2 aromatic rings. The third kappa shape index (κ3) is 7.38. The Bertz CT molecular complexity index is 1200. The number of pyridine rings is 1. The molecule has 2 aliphatic rings. The van der Waals surface area contributed by atoms with Gasteiger partial charge in [0.25, 0.3) is 5.56 Å². The van der Waals surface area contributed by atoms with Crippen LogP contribution in [0.2, 0.25) is 0 Å². The molecule has 0 radical (unpaired) electrons. The number of aromatic amines is 1. The lowest BCUT2D eigenvalue weighted by atomic mass is 10.0. The number of aldehydes is 1. The van der Waals surface area contributed by atoms with Gasteiger partial charge in [-0.05, 0) is 37.3 Å². The second kappa shape index (κ2) is 13.2. The summed E-state index contributed by atoms with van der Waals surface area (Å²) < 4.78 is 46.2. The highest BCUT2D eigenvalue weighted by atomic mass is 19.4. The summed E-state index contributed by atoms with van der Waals surface area (Å²) in [5.41, 5.74) is -1.68. The van der Waals surface area contributed by atoms with Gasteiger partial charge in [-0.25, -0.2) is 10.1 Å². The van der Waals surface area contributed by atoms with Gasteiger partial charge in [-0.2, -0.15) is 18.3 Å². The molecule has 2 saturated heterocycles. The number of aromatic nitrogens is 3. The van der Waals surface area contributed by atoms with Gasteiger partial charge in [-0.1, -0.05) is 13.0 Å². The summed E-state index contributed by atoms with van der Waals surface area (Å²) in [6.45, 7) is 5.01. The lowest BCUT2D eigenvalue weighted by Crippen LogP contribution is -2.49. The van der Waals surface area contributed by atoms with Crippen LogP contribution in [0.5, 0.6) is 0 Å².